The third-order valence-electron chi connectivity index (χ3n) is 3.13. The number of hydrogen-bond acceptors (Lipinski definition) is 6. The first-order valence-corrected chi connectivity index (χ1v) is 8.56. The molecule has 0 spiro atoms. The fourth-order valence-corrected chi connectivity index (χ4v) is 2.78. The third-order valence-corrected chi connectivity index (χ3v) is 4.30. The van der Waals surface area contributed by atoms with E-state index in [9.17, 15) is 9.59 Å². The Morgan fingerprint density at radius 1 is 1.08 bits per heavy atom. The maximum absolute atomic E-state index is 12.0. The van der Waals surface area contributed by atoms with Crippen molar-refractivity contribution >= 4 is 35.2 Å². The van der Waals surface area contributed by atoms with Crippen molar-refractivity contribution < 1.29 is 9.59 Å². The normalized spacial score (nSPS) is 10.4. The fraction of sp³-hybridized carbons (Fsp3) is 0.0625. The van der Waals surface area contributed by atoms with E-state index < -0.39 is 11.8 Å². The van der Waals surface area contributed by atoms with Crippen molar-refractivity contribution in [2.45, 2.75) is 5.16 Å². The lowest BCUT2D eigenvalue weighted by Gasteiger charge is -2.05. The summed E-state index contributed by atoms with van der Waals surface area (Å²) in [4.78, 5) is 24.0. The highest BCUT2D eigenvalue weighted by Crippen LogP contribution is 2.17. The molecule has 2 aromatic carbocycles. The molecule has 1 heterocycles. The second-order valence-corrected chi connectivity index (χ2v) is 6.26. The van der Waals surface area contributed by atoms with E-state index in [2.05, 4.69) is 20.8 Å². The molecule has 0 aliphatic heterocycles. The zero-order valence-corrected chi connectivity index (χ0v) is 14.4. The summed E-state index contributed by atoms with van der Waals surface area (Å²) < 4.78 is 1.53. The molecule has 3 aromatic rings. The number of benzene rings is 2. The molecule has 1 N–H and O–H groups in total. The van der Waals surface area contributed by atoms with Gasteiger partial charge in [0.15, 0.2) is 0 Å². The zero-order valence-electron chi connectivity index (χ0n) is 12.8. The highest BCUT2D eigenvalue weighted by Gasteiger charge is 2.14. The number of para-hydroxylation sites is 1. The molecule has 2 amide bonds. The second kappa shape index (κ2) is 7.91. The second-order valence-electron chi connectivity index (χ2n) is 4.88. The van der Waals surface area contributed by atoms with E-state index in [4.69, 9.17) is 11.6 Å². The van der Waals surface area contributed by atoms with Crippen molar-refractivity contribution in [1.29, 1.82) is 0 Å². The van der Waals surface area contributed by atoms with Crippen LogP contribution in [0.5, 0.6) is 0 Å². The van der Waals surface area contributed by atoms with Crippen LogP contribution in [0.25, 0.3) is 5.69 Å². The van der Waals surface area contributed by atoms with E-state index in [0.717, 1.165) is 17.4 Å². The van der Waals surface area contributed by atoms with E-state index >= 15 is 0 Å². The fourth-order valence-electron chi connectivity index (χ4n) is 1.97. The summed E-state index contributed by atoms with van der Waals surface area (Å²) in [6.45, 7) is 0. The van der Waals surface area contributed by atoms with E-state index in [0.29, 0.717) is 15.7 Å². The van der Waals surface area contributed by atoms with Gasteiger partial charge in [-0.2, -0.15) is 4.68 Å². The first-order chi connectivity index (χ1) is 12.1. The number of nitrogens with one attached hydrogen (secondary N) is 1. The average molecular weight is 374 g/mol. The van der Waals surface area contributed by atoms with Crippen LogP contribution in [0, 0.1) is 0 Å². The maximum atomic E-state index is 12.0. The predicted octanol–water partition coefficient (Wildman–Crippen LogP) is 2.36. The van der Waals surface area contributed by atoms with Gasteiger partial charge in [0, 0.05) is 10.6 Å². The Labute approximate surface area is 152 Å². The SMILES string of the molecule is O=C(CSc1nnnn1-c1ccccc1)NC(=O)c1ccc(Cl)cc1. The van der Waals surface area contributed by atoms with Crippen LogP contribution in [-0.2, 0) is 4.79 Å². The smallest absolute Gasteiger partial charge is 0.257 e. The maximum Gasteiger partial charge on any atom is 0.257 e. The molecular formula is C16H12ClN5O2S. The number of carbonyl (C=O) groups excluding carboxylic acids is 2. The van der Waals surface area contributed by atoms with E-state index in [1.165, 1.54) is 4.68 Å². The minimum absolute atomic E-state index is 0.00648. The lowest BCUT2D eigenvalue weighted by atomic mass is 10.2. The topological polar surface area (TPSA) is 89.8 Å². The Morgan fingerprint density at radius 2 is 1.80 bits per heavy atom. The van der Waals surface area contributed by atoms with Crippen molar-refractivity contribution in [2.75, 3.05) is 5.75 Å². The number of tetrazole rings is 1. The van der Waals surface area contributed by atoms with Crippen LogP contribution in [0.4, 0.5) is 0 Å². The molecule has 25 heavy (non-hydrogen) atoms. The molecule has 3 rings (SSSR count). The first-order valence-electron chi connectivity index (χ1n) is 7.20. The molecule has 1 aromatic heterocycles. The highest BCUT2D eigenvalue weighted by molar-refractivity contribution is 7.99. The lowest BCUT2D eigenvalue weighted by molar-refractivity contribution is -0.117. The van der Waals surface area contributed by atoms with E-state index in [-0.39, 0.29) is 5.75 Å². The standard InChI is InChI=1S/C16H12ClN5O2S/c17-12-8-6-11(7-9-12)15(24)18-14(23)10-25-16-19-20-21-22(16)13-4-2-1-3-5-13/h1-9H,10H2,(H,18,23,24). The van der Waals surface area contributed by atoms with E-state index in [1.54, 1.807) is 24.3 Å². The third kappa shape index (κ3) is 4.43. The Morgan fingerprint density at radius 3 is 2.52 bits per heavy atom. The number of aromatic nitrogens is 4. The summed E-state index contributed by atoms with van der Waals surface area (Å²) in [5.41, 5.74) is 1.14. The van der Waals surface area contributed by atoms with Crippen LogP contribution in [0.15, 0.2) is 59.8 Å². The first kappa shape index (κ1) is 17.1. The average Bonchev–Trinajstić information content (AvgIpc) is 3.10. The molecule has 0 aliphatic carbocycles. The molecule has 0 bridgehead atoms. The van der Waals surface area contributed by atoms with Gasteiger partial charge in [0.1, 0.15) is 0 Å². The van der Waals surface area contributed by atoms with Gasteiger partial charge in [-0.25, -0.2) is 0 Å². The zero-order chi connectivity index (χ0) is 17.6. The minimum Gasteiger partial charge on any atom is -0.292 e. The number of nitrogens with zero attached hydrogens (tertiary/aromatic N) is 4. The van der Waals surface area contributed by atoms with Crippen molar-refractivity contribution in [3.05, 3.63) is 65.2 Å². The molecule has 126 valence electrons. The molecule has 0 unspecified atom stereocenters. The molecule has 9 heteroatoms. The van der Waals surface area contributed by atoms with Crippen LogP contribution in [0.2, 0.25) is 5.02 Å². The summed E-state index contributed by atoms with van der Waals surface area (Å²) in [5.74, 6) is -0.913. The van der Waals surface area contributed by atoms with Crippen LogP contribution in [0.3, 0.4) is 0 Å². The molecule has 0 saturated carbocycles. The van der Waals surface area contributed by atoms with Crippen molar-refractivity contribution in [3.63, 3.8) is 0 Å². The van der Waals surface area contributed by atoms with Gasteiger partial charge in [-0.05, 0) is 46.8 Å². The van der Waals surface area contributed by atoms with Gasteiger partial charge in [0.2, 0.25) is 11.1 Å². The van der Waals surface area contributed by atoms with Gasteiger partial charge in [-0.1, -0.05) is 41.6 Å². The molecule has 0 saturated heterocycles. The van der Waals surface area contributed by atoms with Gasteiger partial charge in [-0.3, -0.25) is 14.9 Å². The Kier molecular flexibility index (Phi) is 5.42. The van der Waals surface area contributed by atoms with Crippen molar-refractivity contribution in [3.8, 4) is 5.69 Å². The van der Waals surface area contributed by atoms with E-state index in [1.807, 2.05) is 30.3 Å². The Balaban J connectivity index is 1.59. The van der Waals surface area contributed by atoms with Crippen LogP contribution in [-0.4, -0.2) is 37.8 Å². The van der Waals surface area contributed by atoms with Gasteiger partial charge in [0.25, 0.3) is 5.91 Å². The van der Waals surface area contributed by atoms with Crippen molar-refractivity contribution in [2.24, 2.45) is 0 Å². The monoisotopic (exact) mass is 373 g/mol. The highest BCUT2D eigenvalue weighted by atomic mass is 35.5. The summed E-state index contributed by atoms with van der Waals surface area (Å²) >= 11 is 6.91. The molecular weight excluding hydrogens is 362 g/mol. The van der Waals surface area contributed by atoms with Gasteiger partial charge in [-0.15, -0.1) is 5.10 Å². The number of carbonyl (C=O) groups is 2. The number of thioether (sulfide) groups is 1. The summed E-state index contributed by atoms with van der Waals surface area (Å²) in [5, 5.41) is 14.7. The summed E-state index contributed by atoms with van der Waals surface area (Å²) in [6, 6.07) is 15.6. The number of amides is 2. The number of halogens is 1. The lowest BCUT2D eigenvalue weighted by Crippen LogP contribution is -2.31. The quantitative estimate of drug-likeness (QED) is 0.690. The molecule has 7 nitrogen and oxygen atoms in total. The summed E-state index contributed by atoms with van der Waals surface area (Å²) in [7, 11) is 0. The summed E-state index contributed by atoms with van der Waals surface area (Å²) in [6.07, 6.45) is 0. The van der Waals surface area contributed by atoms with Crippen LogP contribution >= 0.6 is 23.4 Å². The molecule has 0 aliphatic rings. The Bertz CT molecular complexity index is 883. The van der Waals surface area contributed by atoms with Gasteiger partial charge >= 0.3 is 0 Å². The van der Waals surface area contributed by atoms with Crippen LogP contribution in [0.1, 0.15) is 10.4 Å². The largest absolute Gasteiger partial charge is 0.292 e. The van der Waals surface area contributed by atoms with Gasteiger partial charge in [0.05, 0.1) is 11.4 Å². The number of hydrogen-bond donors (Lipinski definition) is 1. The van der Waals surface area contributed by atoms with Crippen molar-refractivity contribution in [1.82, 2.24) is 25.5 Å². The van der Waals surface area contributed by atoms with Crippen LogP contribution < -0.4 is 5.32 Å². The Hall–Kier alpha value is -2.71. The molecule has 0 radical (unpaired) electrons. The number of imide groups is 1. The predicted molar refractivity (Wildman–Crippen MR) is 93.8 cm³/mol. The molecule has 0 atom stereocenters. The minimum atomic E-state index is -0.482. The number of rotatable bonds is 5. The molecule has 0 fully saturated rings. The van der Waals surface area contributed by atoms with Gasteiger partial charge < -0.3 is 0 Å².